The number of rotatable bonds is 10. The maximum atomic E-state index is 2.64. The number of benzene rings is 14. The Bertz CT molecular complexity index is 4840. The van der Waals surface area contributed by atoms with Crippen LogP contribution in [0.2, 0.25) is 0 Å². The number of aryl methyl sites for hydroxylation is 4. The molecule has 0 aromatic heterocycles. The van der Waals surface area contributed by atoms with Crippen molar-refractivity contribution in [1.82, 2.24) is 0 Å². The average molecular weight is 1100 g/mol. The van der Waals surface area contributed by atoms with Crippen molar-refractivity contribution in [3.05, 3.63) is 370 Å². The van der Waals surface area contributed by atoms with Gasteiger partial charge in [-0.3, -0.25) is 0 Å². The molecule has 2 aliphatic rings. The SMILES string of the molecule is Cc1ccc(C2(c3ccc(C)cc3)c3cc(N(c4ccccc4)c4cccc5ccccc45)ccc3-c3cc4c(cc32)-c2ccc(N(c3ccccc3)c3cccc5ccccc35)c3cccc(c23)C4(c2ccc(C)cc2)c2ccc(C)cc2)cc1. The van der Waals surface area contributed by atoms with Gasteiger partial charge in [0.1, 0.15) is 0 Å². The van der Waals surface area contributed by atoms with E-state index in [0.717, 1.165) is 34.1 Å². The molecule has 0 saturated carbocycles. The van der Waals surface area contributed by atoms with Crippen molar-refractivity contribution in [2.45, 2.75) is 38.5 Å². The first-order valence-electron chi connectivity index (χ1n) is 30.1. The molecule has 86 heavy (non-hydrogen) atoms. The molecule has 0 heterocycles. The highest BCUT2D eigenvalue weighted by Crippen LogP contribution is 2.63. The van der Waals surface area contributed by atoms with E-state index in [1.54, 1.807) is 0 Å². The summed E-state index contributed by atoms with van der Waals surface area (Å²) in [7, 11) is 0. The van der Waals surface area contributed by atoms with Crippen LogP contribution in [0.4, 0.5) is 34.1 Å². The van der Waals surface area contributed by atoms with Gasteiger partial charge in [0.2, 0.25) is 0 Å². The van der Waals surface area contributed by atoms with Crippen LogP contribution in [0.25, 0.3) is 54.6 Å². The van der Waals surface area contributed by atoms with E-state index in [0.29, 0.717) is 0 Å². The summed E-state index contributed by atoms with van der Waals surface area (Å²) in [4.78, 5) is 4.96. The molecule has 0 unspecified atom stereocenters. The van der Waals surface area contributed by atoms with Crippen LogP contribution in [-0.2, 0) is 10.8 Å². The predicted octanol–water partition coefficient (Wildman–Crippen LogP) is 22.0. The molecule has 14 aromatic rings. The maximum Gasteiger partial charge on any atom is 0.0714 e. The molecular formula is C84H62N2. The fourth-order valence-corrected chi connectivity index (χ4v) is 14.9. The number of anilines is 6. The first-order chi connectivity index (χ1) is 42.3. The molecule has 0 aliphatic heterocycles. The third-order valence-corrected chi connectivity index (χ3v) is 18.9. The van der Waals surface area contributed by atoms with Crippen molar-refractivity contribution in [3.63, 3.8) is 0 Å². The van der Waals surface area contributed by atoms with Crippen LogP contribution in [0.1, 0.15) is 66.8 Å². The van der Waals surface area contributed by atoms with E-state index in [9.17, 15) is 0 Å². The fourth-order valence-electron chi connectivity index (χ4n) is 14.9. The van der Waals surface area contributed by atoms with Crippen LogP contribution in [0.5, 0.6) is 0 Å². The summed E-state index contributed by atoms with van der Waals surface area (Å²) in [5.41, 5.74) is 25.0. The molecule has 16 rings (SSSR count). The van der Waals surface area contributed by atoms with Gasteiger partial charge in [-0.05, 0) is 177 Å². The Morgan fingerprint density at radius 1 is 0.233 bits per heavy atom. The molecule has 14 aromatic carbocycles. The van der Waals surface area contributed by atoms with Crippen molar-refractivity contribution in [2.24, 2.45) is 0 Å². The lowest BCUT2D eigenvalue weighted by Gasteiger charge is -2.43. The van der Waals surface area contributed by atoms with E-state index in [2.05, 4.69) is 341 Å². The van der Waals surface area contributed by atoms with Gasteiger partial charge in [-0.15, -0.1) is 0 Å². The smallest absolute Gasteiger partial charge is 0.0714 e. The van der Waals surface area contributed by atoms with Crippen LogP contribution >= 0.6 is 0 Å². The van der Waals surface area contributed by atoms with Gasteiger partial charge in [-0.2, -0.15) is 0 Å². The van der Waals surface area contributed by atoms with Crippen LogP contribution in [0, 0.1) is 27.7 Å². The standard InChI is InChI=1S/C84H62N2/c1-55-32-40-61(41-33-55)83(62-42-34-56(2)35-43-62)75-29-17-28-72-81(86(66-24-9-6-10-25-66)80-31-16-21-60-19-12-14-27-69(60)80)51-50-71(82(72)75)74-54-77-73(53-78(74)83)70-49-48-67(85(65-22-7-5-8-23-65)79-30-15-20-59-18-11-13-26-68(59)79)52-76(70)84(77,63-44-36-57(3)37-45-63)64-46-38-58(4)39-47-64/h5-54H,1-4H3. The second-order valence-electron chi connectivity index (χ2n) is 23.8. The molecule has 408 valence electrons. The zero-order valence-corrected chi connectivity index (χ0v) is 48.8. The molecule has 0 amide bonds. The topological polar surface area (TPSA) is 6.48 Å². The highest BCUT2D eigenvalue weighted by molar-refractivity contribution is 6.13. The Morgan fingerprint density at radius 2 is 0.605 bits per heavy atom. The number of hydrogen-bond donors (Lipinski definition) is 0. The molecular weight excluding hydrogens is 1040 g/mol. The van der Waals surface area contributed by atoms with E-state index < -0.39 is 10.8 Å². The second kappa shape index (κ2) is 20.1. The molecule has 0 fully saturated rings. The summed E-state index contributed by atoms with van der Waals surface area (Å²) in [5.74, 6) is 0. The van der Waals surface area contributed by atoms with Gasteiger partial charge in [-0.1, -0.05) is 259 Å². The lowest BCUT2D eigenvalue weighted by atomic mass is 9.58. The van der Waals surface area contributed by atoms with Crippen LogP contribution in [-0.4, -0.2) is 0 Å². The minimum atomic E-state index is -0.758. The number of nitrogens with zero attached hydrogens (tertiary/aromatic N) is 2. The number of hydrogen-bond acceptors (Lipinski definition) is 2. The van der Waals surface area contributed by atoms with Crippen molar-refractivity contribution in [2.75, 3.05) is 9.80 Å². The molecule has 0 bridgehead atoms. The predicted molar refractivity (Wildman–Crippen MR) is 362 cm³/mol. The van der Waals surface area contributed by atoms with Gasteiger partial charge in [0.05, 0.1) is 27.9 Å². The summed E-state index contributed by atoms with van der Waals surface area (Å²) in [6, 6.07) is 115. The number of para-hydroxylation sites is 2. The van der Waals surface area contributed by atoms with Gasteiger partial charge in [0.15, 0.2) is 0 Å². The fraction of sp³-hybridized carbons (Fsp3) is 0.0714. The molecule has 0 radical (unpaired) electrons. The van der Waals surface area contributed by atoms with Gasteiger partial charge in [0.25, 0.3) is 0 Å². The Kier molecular flexibility index (Phi) is 11.9. The molecule has 2 heteroatoms. The first-order valence-corrected chi connectivity index (χ1v) is 30.1. The van der Waals surface area contributed by atoms with E-state index in [-0.39, 0.29) is 0 Å². The summed E-state index contributed by atoms with van der Waals surface area (Å²) in [6.45, 7) is 8.82. The Morgan fingerprint density at radius 3 is 1.12 bits per heavy atom. The minimum absolute atomic E-state index is 0.747. The summed E-state index contributed by atoms with van der Waals surface area (Å²) in [6.07, 6.45) is 0. The van der Waals surface area contributed by atoms with Crippen LogP contribution in [0.15, 0.2) is 303 Å². The molecule has 2 nitrogen and oxygen atoms in total. The summed E-state index contributed by atoms with van der Waals surface area (Å²) >= 11 is 0. The highest BCUT2D eigenvalue weighted by Gasteiger charge is 2.51. The van der Waals surface area contributed by atoms with Crippen molar-refractivity contribution < 1.29 is 0 Å². The minimum Gasteiger partial charge on any atom is -0.310 e. The van der Waals surface area contributed by atoms with E-state index in [1.165, 1.54) is 121 Å². The Balaban J connectivity index is 1.05. The van der Waals surface area contributed by atoms with Crippen LogP contribution < -0.4 is 9.80 Å². The van der Waals surface area contributed by atoms with Gasteiger partial charge >= 0.3 is 0 Å². The van der Waals surface area contributed by atoms with Crippen molar-refractivity contribution in [3.8, 4) is 22.3 Å². The quantitative estimate of drug-likeness (QED) is 0.135. The monoisotopic (exact) mass is 1100 g/mol. The normalized spacial score (nSPS) is 13.3. The lowest BCUT2D eigenvalue weighted by molar-refractivity contribution is 0.742. The summed E-state index contributed by atoms with van der Waals surface area (Å²) < 4.78 is 0. The van der Waals surface area contributed by atoms with E-state index in [4.69, 9.17) is 0 Å². The molecule has 0 spiro atoms. The zero-order chi connectivity index (χ0) is 57.7. The van der Waals surface area contributed by atoms with Gasteiger partial charge in [0, 0.05) is 33.2 Å². The largest absolute Gasteiger partial charge is 0.310 e. The van der Waals surface area contributed by atoms with Gasteiger partial charge in [-0.25, -0.2) is 0 Å². The average Bonchev–Trinajstić information content (AvgIpc) is 1.27. The first kappa shape index (κ1) is 51.1. The van der Waals surface area contributed by atoms with Gasteiger partial charge < -0.3 is 9.80 Å². The number of fused-ring (bicyclic) bond motifs is 7. The Hall–Kier alpha value is -10.5. The summed E-state index contributed by atoms with van der Waals surface area (Å²) in [5, 5.41) is 7.25. The van der Waals surface area contributed by atoms with Crippen molar-refractivity contribution in [1.29, 1.82) is 0 Å². The second-order valence-corrected chi connectivity index (χ2v) is 23.8. The molecule has 0 N–H and O–H groups in total. The Labute approximate surface area is 504 Å². The third-order valence-electron chi connectivity index (χ3n) is 18.9. The lowest BCUT2D eigenvalue weighted by Crippen LogP contribution is -2.35. The van der Waals surface area contributed by atoms with Crippen molar-refractivity contribution >= 4 is 66.4 Å². The zero-order valence-electron chi connectivity index (χ0n) is 48.8. The third kappa shape index (κ3) is 7.72. The van der Waals surface area contributed by atoms with E-state index >= 15 is 0 Å². The van der Waals surface area contributed by atoms with E-state index in [1.807, 2.05) is 0 Å². The molecule has 0 saturated heterocycles. The van der Waals surface area contributed by atoms with Crippen LogP contribution in [0.3, 0.4) is 0 Å². The molecule has 2 aliphatic carbocycles. The maximum absolute atomic E-state index is 2.64. The highest BCUT2D eigenvalue weighted by atomic mass is 15.2. The molecule has 0 atom stereocenters.